The molecule has 0 heterocycles. The molecule has 0 aromatic heterocycles. The minimum absolute atomic E-state index is 0.601. The molecule has 0 aliphatic carbocycles. The third-order valence-electron chi connectivity index (χ3n) is 5.16. The maximum absolute atomic E-state index is 5.48. The summed E-state index contributed by atoms with van der Waals surface area (Å²) in [7, 11) is 1.77. The lowest BCUT2D eigenvalue weighted by Crippen LogP contribution is -1.97. The first kappa shape index (κ1) is 21.1. The van der Waals surface area contributed by atoms with Gasteiger partial charge >= 0.3 is 0 Å². The Morgan fingerprint density at radius 3 is 1.79 bits per heavy atom. The highest BCUT2D eigenvalue weighted by Crippen LogP contribution is 2.29. The molecule has 0 aliphatic rings. The van der Waals surface area contributed by atoms with Crippen molar-refractivity contribution in [1.29, 1.82) is 0 Å². The highest BCUT2D eigenvalue weighted by Gasteiger charge is 2.10. The standard InChI is InChI=1S/C23H40O/c1-4-5-6-7-8-9-10-11-12-13-14-15-18-21(2)22-19-16-17-20-23(22)24-3/h16-17,19-21H,4-15,18H2,1-3H3. The number of rotatable bonds is 15. The van der Waals surface area contributed by atoms with E-state index in [1.807, 2.05) is 0 Å². The Balaban J connectivity index is 1.96. The Kier molecular flexibility index (Phi) is 12.6. The second-order valence-corrected chi connectivity index (χ2v) is 7.32. The molecule has 0 N–H and O–H groups in total. The summed E-state index contributed by atoms with van der Waals surface area (Å²) < 4.78 is 5.48. The smallest absolute Gasteiger partial charge is 0.122 e. The molecule has 0 spiro atoms. The fraction of sp³-hybridized carbons (Fsp3) is 0.739. The summed E-state index contributed by atoms with van der Waals surface area (Å²) >= 11 is 0. The highest BCUT2D eigenvalue weighted by molar-refractivity contribution is 5.35. The van der Waals surface area contributed by atoms with Crippen molar-refractivity contribution in [3.63, 3.8) is 0 Å². The van der Waals surface area contributed by atoms with Crippen LogP contribution in [0.5, 0.6) is 5.75 Å². The van der Waals surface area contributed by atoms with E-state index in [2.05, 4.69) is 38.1 Å². The quantitative estimate of drug-likeness (QED) is 0.297. The van der Waals surface area contributed by atoms with Gasteiger partial charge in [0, 0.05) is 0 Å². The zero-order valence-corrected chi connectivity index (χ0v) is 16.5. The summed E-state index contributed by atoms with van der Waals surface area (Å²) in [5.41, 5.74) is 1.36. The minimum Gasteiger partial charge on any atom is -0.496 e. The average Bonchev–Trinajstić information content (AvgIpc) is 2.62. The van der Waals surface area contributed by atoms with Crippen LogP contribution in [0.25, 0.3) is 0 Å². The van der Waals surface area contributed by atoms with E-state index in [1.54, 1.807) is 7.11 Å². The molecule has 0 saturated heterocycles. The molecule has 0 radical (unpaired) electrons. The van der Waals surface area contributed by atoms with Crippen molar-refractivity contribution in [2.75, 3.05) is 7.11 Å². The predicted molar refractivity (Wildman–Crippen MR) is 107 cm³/mol. The van der Waals surface area contributed by atoms with Gasteiger partial charge in [0.05, 0.1) is 7.11 Å². The maximum Gasteiger partial charge on any atom is 0.122 e. The molecule has 0 fully saturated rings. The van der Waals surface area contributed by atoms with Crippen molar-refractivity contribution >= 4 is 0 Å². The lowest BCUT2D eigenvalue weighted by atomic mass is 9.94. The monoisotopic (exact) mass is 332 g/mol. The normalized spacial score (nSPS) is 12.3. The lowest BCUT2D eigenvalue weighted by Gasteiger charge is -2.15. The minimum atomic E-state index is 0.601. The summed E-state index contributed by atoms with van der Waals surface area (Å²) in [5, 5.41) is 0. The van der Waals surface area contributed by atoms with Crippen LogP contribution < -0.4 is 4.74 Å². The van der Waals surface area contributed by atoms with Gasteiger partial charge in [-0.05, 0) is 24.0 Å². The molecule has 1 heteroatoms. The third-order valence-corrected chi connectivity index (χ3v) is 5.16. The summed E-state index contributed by atoms with van der Waals surface area (Å²) in [5.74, 6) is 1.65. The van der Waals surface area contributed by atoms with Crippen LogP contribution in [0, 0.1) is 0 Å². The number of benzene rings is 1. The maximum atomic E-state index is 5.48. The van der Waals surface area contributed by atoms with Gasteiger partial charge in [0.15, 0.2) is 0 Å². The van der Waals surface area contributed by atoms with Gasteiger partial charge in [-0.15, -0.1) is 0 Å². The summed E-state index contributed by atoms with van der Waals surface area (Å²) in [6.45, 7) is 4.62. The molecule has 1 unspecified atom stereocenters. The van der Waals surface area contributed by atoms with E-state index in [4.69, 9.17) is 4.74 Å². The van der Waals surface area contributed by atoms with Crippen molar-refractivity contribution in [3.8, 4) is 5.75 Å². The zero-order valence-electron chi connectivity index (χ0n) is 16.5. The number of unbranched alkanes of at least 4 members (excludes halogenated alkanes) is 11. The van der Waals surface area contributed by atoms with Crippen LogP contribution in [0.2, 0.25) is 0 Å². The molecule has 0 saturated carbocycles. The van der Waals surface area contributed by atoms with E-state index < -0.39 is 0 Å². The first-order valence-corrected chi connectivity index (χ1v) is 10.4. The number of hydrogen-bond donors (Lipinski definition) is 0. The molecule has 0 aliphatic heterocycles. The molecular weight excluding hydrogens is 292 g/mol. The lowest BCUT2D eigenvalue weighted by molar-refractivity contribution is 0.404. The molecule has 0 amide bonds. The van der Waals surface area contributed by atoms with Gasteiger partial charge in [-0.1, -0.05) is 109 Å². The number of methoxy groups -OCH3 is 1. The van der Waals surface area contributed by atoms with Crippen LogP contribution in [0.15, 0.2) is 24.3 Å². The SMILES string of the molecule is CCCCCCCCCCCCCCC(C)c1ccccc1OC. The number of ether oxygens (including phenoxy) is 1. The summed E-state index contributed by atoms with van der Waals surface area (Å²) in [6, 6.07) is 8.47. The molecule has 1 aromatic carbocycles. The van der Waals surface area contributed by atoms with Crippen molar-refractivity contribution in [2.45, 2.75) is 103 Å². The summed E-state index contributed by atoms with van der Waals surface area (Å²) in [4.78, 5) is 0. The molecule has 1 aromatic rings. The van der Waals surface area contributed by atoms with Crippen molar-refractivity contribution in [1.82, 2.24) is 0 Å². The Bertz CT molecular complexity index is 399. The Labute approximate surface area is 151 Å². The van der Waals surface area contributed by atoms with E-state index in [9.17, 15) is 0 Å². The molecule has 0 bridgehead atoms. The Morgan fingerprint density at radius 1 is 0.750 bits per heavy atom. The Morgan fingerprint density at radius 2 is 1.25 bits per heavy atom. The van der Waals surface area contributed by atoms with Crippen LogP contribution >= 0.6 is 0 Å². The van der Waals surface area contributed by atoms with E-state index in [0.717, 1.165) is 5.75 Å². The van der Waals surface area contributed by atoms with E-state index in [1.165, 1.54) is 89.0 Å². The Hall–Kier alpha value is -0.980. The molecule has 138 valence electrons. The van der Waals surface area contributed by atoms with Gasteiger partial charge in [0.1, 0.15) is 5.75 Å². The number of para-hydroxylation sites is 1. The van der Waals surface area contributed by atoms with Crippen LogP contribution in [-0.4, -0.2) is 7.11 Å². The van der Waals surface area contributed by atoms with Gasteiger partial charge < -0.3 is 4.74 Å². The first-order valence-electron chi connectivity index (χ1n) is 10.4. The van der Waals surface area contributed by atoms with Gasteiger partial charge in [-0.2, -0.15) is 0 Å². The number of hydrogen-bond acceptors (Lipinski definition) is 1. The third kappa shape index (κ3) is 9.35. The molecular formula is C23H40O. The van der Waals surface area contributed by atoms with Gasteiger partial charge in [0.2, 0.25) is 0 Å². The van der Waals surface area contributed by atoms with E-state index in [-0.39, 0.29) is 0 Å². The predicted octanol–water partition coefficient (Wildman–Crippen LogP) is 7.89. The second kappa shape index (κ2) is 14.4. The van der Waals surface area contributed by atoms with Gasteiger partial charge in [-0.3, -0.25) is 0 Å². The van der Waals surface area contributed by atoms with Gasteiger partial charge in [0.25, 0.3) is 0 Å². The topological polar surface area (TPSA) is 9.23 Å². The van der Waals surface area contributed by atoms with Crippen molar-refractivity contribution < 1.29 is 4.74 Å². The zero-order chi connectivity index (χ0) is 17.5. The largest absolute Gasteiger partial charge is 0.496 e. The van der Waals surface area contributed by atoms with Crippen LogP contribution in [0.3, 0.4) is 0 Å². The summed E-state index contributed by atoms with van der Waals surface area (Å²) in [6.07, 6.45) is 18.3. The van der Waals surface area contributed by atoms with Gasteiger partial charge in [-0.25, -0.2) is 0 Å². The van der Waals surface area contributed by atoms with Crippen LogP contribution in [0.4, 0.5) is 0 Å². The van der Waals surface area contributed by atoms with Crippen molar-refractivity contribution in [3.05, 3.63) is 29.8 Å². The van der Waals surface area contributed by atoms with E-state index in [0.29, 0.717) is 5.92 Å². The average molecular weight is 333 g/mol. The van der Waals surface area contributed by atoms with Crippen LogP contribution in [0.1, 0.15) is 109 Å². The molecule has 1 rings (SSSR count). The fourth-order valence-electron chi connectivity index (χ4n) is 3.52. The first-order chi connectivity index (χ1) is 11.8. The van der Waals surface area contributed by atoms with Crippen molar-refractivity contribution in [2.24, 2.45) is 0 Å². The fourth-order valence-corrected chi connectivity index (χ4v) is 3.52. The van der Waals surface area contributed by atoms with Crippen LogP contribution in [-0.2, 0) is 0 Å². The molecule has 1 nitrogen and oxygen atoms in total. The van der Waals surface area contributed by atoms with E-state index >= 15 is 0 Å². The molecule has 24 heavy (non-hydrogen) atoms. The highest BCUT2D eigenvalue weighted by atomic mass is 16.5. The molecule has 1 atom stereocenters. The second-order valence-electron chi connectivity index (χ2n) is 7.32.